The van der Waals surface area contributed by atoms with Gasteiger partial charge in [0.1, 0.15) is 0 Å². The Morgan fingerprint density at radius 3 is 2.71 bits per heavy atom. The SMILES string of the molecule is CCN(CCO)c1ccc([N+](=O)[O-])cc1C=O. The van der Waals surface area contributed by atoms with E-state index in [4.69, 9.17) is 5.11 Å². The van der Waals surface area contributed by atoms with E-state index in [1.165, 1.54) is 18.2 Å². The summed E-state index contributed by atoms with van der Waals surface area (Å²) in [6.45, 7) is 2.84. The van der Waals surface area contributed by atoms with Crippen molar-refractivity contribution in [3.05, 3.63) is 33.9 Å². The summed E-state index contributed by atoms with van der Waals surface area (Å²) >= 11 is 0. The quantitative estimate of drug-likeness (QED) is 0.457. The Balaban J connectivity index is 3.15. The molecule has 17 heavy (non-hydrogen) atoms. The van der Waals surface area contributed by atoms with Gasteiger partial charge < -0.3 is 10.0 Å². The second-order valence-corrected chi connectivity index (χ2v) is 3.42. The van der Waals surface area contributed by atoms with E-state index >= 15 is 0 Å². The third-order valence-corrected chi connectivity index (χ3v) is 2.44. The molecule has 0 atom stereocenters. The van der Waals surface area contributed by atoms with E-state index in [2.05, 4.69) is 0 Å². The van der Waals surface area contributed by atoms with Gasteiger partial charge in [0.25, 0.3) is 5.69 Å². The van der Waals surface area contributed by atoms with Gasteiger partial charge in [0.2, 0.25) is 0 Å². The lowest BCUT2D eigenvalue weighted by Gasteiger charge is -2.23. The fraction of sp³-hybridized carbons (Fsp3) is 0.364. The standard InChI is InChI=1S/C11H14N2O4/c1-2-12(5-6-14)11-4-3-10(13(16)17)7-9(11)8-15/h3-4,7-8,14H,2,5-6H2,1H3. The van der Waals surface area contributed by atoms with Crippen LogP contribution in [0.25, 0.3) is 0 Å². The first kappa shape index (κ1) is 13.1. The fourth-order valence-electron chi connectivity index (χ4n) is 1.61. The van der Waals surface area contributed by atoms with Gasteiger partial charge in [0, 0.05) is 36.5 Å². The molecular formula is C11H14N2O4. The minimum absolute atomic E-state index is 0.0386. The number of hydrogen-bond donors (Lipinski definition) is 1. The third kappa shape index (κ3) is 3.01. The molecule has 0 saturated carbocycles. The Morgan fingerprint density at radius 1 is 1.53 bits per heavy atom. The number of aliphatic hydroxyl groups excluding tert-OH is 1. The van der Waals surface area contributed by atoms with Gasteiger partial charge in [-0.2, -0.15) is 0 Å². The van der Waals surface area contributed by atoms with Crippen LogP contribution in [-0.2, 0) is 0 Å². The number of nitro benzene ring substituents is 1. The van der Waals surface area contributed by atoms with E-state index < -0.39 is 4.92 Å². The molecule has 0 fully saturated rings. The van der Waals surface area contributed by atoms with E-state index in [-0.39, 0.29) is 17.9 Å². The van der Waals surface area contributed by atoms with Gasteiger partial charge in [-0.1, -0.05) is 0 Å². The molecule has 0 aliphatic rings. The van der Waals surface area contributed by atoms with E-state index in [0.717, 1.165) is 0 Å². The molecule has 0 saturated heterocycles. The van der Waals surface area contributed by atoms with Crippen molar-refractivity contribution in [3.63, 3.8) is 0 Å². The highest BCUT2D eigenvalue weighted by atomic mass is 16.6. The molecule has 0 aliphatic heterocycles. The number of benzene rings is 1. The van der Waals surface area contributed by atoms with Crippen LogP contribution in [0.3, 0.4) is 0 Å². The Morgan fingerprint density at radius 2 is 2.24 bits per heavy atom. The van der Waals surface area contributed by atoms with Gasteiger partial charge in [-0.25, -0.2) is 0 Å². The van der Waals surface area contributed by atoms with Crippen LogP contribution in [-0.4, -0.2) is 36.0 Å². The summed E-state index contributed by atoms with van der Waals surface area (Å²) < 4.78 is 0. The molecule has 6 nitrogen and oxygen atoms in total. The smallest absolute Gasteiger partial charge is 0.270 e. The molecule has 0 aliphatic carbocycles. The van der Waals surface area contributed by atoms with Gasteiger partial charge >= 0.3 is 0 Å². The summed E-state index contributed by atoms with van der Waals surface area (Å²) in [6.07, 6.45) is 0.586. The van der Waals surface area contributed by atoms with Crippen LogP contribution in [0.2, 0.25) is 0 Å². The lowest BCUT2D eigenvalue weighted by atomic mass is 10.1. The summed E-state index contributed by atoms with van der Waals surface area (Å²) in [7, 11) is 0. The largest absolute Gasteiger partial charge is 0.395 e. The molecule has 0 aromatic heterocycles. The molecule has 0 amide bonds. The Labute approximate surface area is 98.6 Å². The molecule has 1 aromatic rings. The van der Waals surface area contributed by atoms with E-state index in [1.54, 1.807) is 4.90 Å². The van der Waals surface area contributed by atoms with Crippen molar-refractivity contribution >= 4 is 17.7 Å². The van der Waals surface area contributed by atoms with Gasteiger partial charge in [0.15, 0.2) is 6.29 Å². The lowest BCUT2D eigenvalue weighted by molar-refractivity contribution is -0.384. The number of non-ortho nitro benzene ring substituents is 1. The number of nitro groups is 1. The van der Waals surface area contributed by atoms with Crippen molar-refractivity contribution in [2.24, 2.45) is 0 Å². The average Bonchev–Trinajstić information content (AvgIpc) is 2.35. The number of carbonyl (C=O) groups is 1. The normalized spacial score (nSPS) is 10.0. The van der Waals surface area contributed by atoms with Crippen molar-refractivity contribution in [1.82, 2.24) is 0 Å². The summed E-state index contributed by atoms with van der Waals surface area (Å²) in [4.78, 5) is 22.7. The third-order valence-electron chi connectivity index (χ3n) is 2.44. The number of aldehydes is 1. The van der Waals surface area contributed by atoms with Gasteiger partial charge in [-0.05, 0) is 13.0 Å². The first-order chi connectivity index (χ1) is 8.13. The summed E-state index contributed by atoms with van der Waals surface area (Å²) in [6, 6.07) is 4.12. The number of hydrogen-bond acceptors (Lipinski definition) is 5. The van der Waals surface area contributed by atoms with Crippen molar-refractivity contribution < 1.29 is 14.8 Å². The van der Waals surface area contributed by atoms with E-state index in [1.807, 2.05) is 6.92 Å². The van der Waals surface area contributed by atoms with Crippen LogP contribution in [0.1, 0.15) is 17.3 Å². The number of carbonyl (C=O) groups excluding carboxylic acids is 1. The zero-order valence-corrected chi connectivity index (χ0v) is 9.50. The molecule has 1 rings (SSSR count). The summed E-state index contributed by atoms with van der Waals surface area (Å²) in [5.41, 5.74) is 0.743. The maximum absolute atomic E-state index is 10.9. The second kappa shape index (κ2) is 5.95. The first-order valence-electron chi connectivity index (χ1n) is 5.23. The van der Waals surface area contributed by atoms with Crippen molar-refractivity contribution in [3.8, 4) is 0 Å². The van der Waals surface area contributed by atoms with Gasteiger partial charge in [-0.3, -0.25) is 14.9 Å². The molecule has 1 N–H and O–H groups in total. The molecule has 92 valence electrons. The molecule has 0 spiro atoms. The molecule has 0 radical (unpaired) electrons. The lowest BCUT2D eigenvalue weighted by Crippen LogP contribution is -2.27. The molecule has 0 heterocycles. The number of rotatable bonds is 6. The van der Waals surface area contributed by atoms with Crippen LogP contribution >= 0.6 is 0 Å². The predicted molar refractivity (Wildman–Crippen MR) is 63.5 cm³/mol. The maximum Gasteiger partial charge on any atom is 0.270 e. The predicted octanol–water partition coefficient (Wildman–Crippen LogP) is 1.23. The minimum Gasteiger partial charge on any atom is -0.395 e. The highest BCUT2D eigenvalue weighted by Gasteiger charge is 2.13. The maximum atomic E-state index is 10.9. The summed E-state index contributed by atoms with van der Waals surface area (Å²) in [5, 5.41) is 19.5. The first-order valence-corrected chi connectivity index (χ1v) is 5.23. The Kier molecular flexibility index (Phi) is 4.59. The van der Waals surface area contributed by atoms with Crippen molar-refractivity contribution in [2.75, 3.05) is 24.6 Å². The number of nitrogens with zero attached hydrogens (tertiary/aromatic N) is 2. The van der Waals surface area contributed by atoms with Crippen LogP contribution in [0, 0.1) is 10.1 Å². The van der Waals surface area contributed by atoms with Crippen molar-refractivity contribution in [2.45, 2.75) is 6.92 Å². The van der Waals surface area contributed by atoms with Gasteiger partial charge in [0.05, 0.1) is 11.5 Å². The number of aliphatic hydroxyl groups is 1. The van der Waals surface area contributed by atoms with Crippen LogP contribution in [0.4, 0.5) is 11.4 Å². The number of anilines is 1. The molecular weight excluding hydrogens is 224 g/mol. The molecule has 0 bridgehead atoms. The molecule has 6 heteroatoms. The highest BCUT2D eigenvalue weighted by Crippen LogP contribution is 2.23. The van der Waals surface area contributed by atoms with Gasteiger partial charge in [-0.15, -0.1) is 0 Å². The number of likely N-dealkylation sites (N-methyl/N-ethyl adjacent to an activating group) is 1. The molecule has 0 unspecified atom stereocenters. The summed E-state index contributed by atoms with van der Waals surface area (Å²) in [5.74, 6) is 0. The van der Waals surface area contributed by atoms with E-state index in [9.17, 15) is 14.9 Å². The van der Waals surface area contributed by atoms with Crippen LogP contribution in [0.15, 0.2) is 18.2 Å². The van der Waals surface area contributed by atoms with E-state index in [0.29, 0.717) is 25.1 Å². The second-order valence-electron chi connectivity index (χ2n) is 3.42. The minimum atomic E-state index is -0.543. The van der Waals surface area contributed by atoms with Crippen LogP contribution in [0.5, 0.6) is 0 Å². The highest BCUT2D eigenvalue weighted by molar-refractivity contribution is 5.85. The Bertz CT molecular complexity index is 420. The zero-order chi connectivity index (χ0) is 12.8. The Hall–Kier alpha value is -1.95. The topological polar surface area (TPSA) is 83.7 Å². The fourth-order valence-corrected chi connectivity index (χ4v) is 1.61. The monoisotopic (exact) mass is 238 g/mol. The zero-order valence-electron chi connectivity index (χ0n) is 9.50. The average molecular weight is 238 g/mol. The van der Waals surface area contributed by atoms with Crippen molar-refractivity contribution in [1.29, 1.82) is 0 Å². The molecule has 1 aromatic carbocycles. The van der Waals surface area contributed by atoms with Crippen LogP contribution < -0.4 is 4.90 Å².